The third kappa shape index (κ3) is 9.91. The number of fused-ring (bicyclic) bond motifs is 2. The van der Waals surface area contributed by atoms with Crippen LogP contribution in [-0.4, -0.2) is 70.4 Å². The Morgan fingerprint density at radius 3 is 1.65 bits per heavy atom. The van der Waals surface area contributed by atoms with Crippen molar-refractivity contribution in [2.45, 2.75) is 64.5 Å². The number of nitrogens with one attached hydrogen (secondary N) is 1. The number of hydrogen-bond donors (Lipinski definition) is 1. The van der Waals surface area contributed by atoms with E-state index in [1.165, 1.54) is 21.9 Å². The molecule has 63 heavy (non-hydrogen) atoms. The van der Waals surface area contributed by atoms with E-state index >= 15 is 0 Å². The fraction of sp³-hybridized carbons (Fsp3) is 0.261. The molecular weight excluding hydrogens is 841 g/mol. The Balaban J connectivity index is 0.000000181. The van der Waals surface area contributed by atoms with Gasteiger partial charge in [0, 0.05) is 35.6 Å². The van der Waals surface area contributed by atoms with Gasteiger partial charge in [0.25, 0.3) is 11.8 Å². The van der Waals surface area contributed by atoms with E-state index in [-0.39, 0.29) is 24.2 Å². The van der Waals surface area contributed by atoms with Crippen LogP contribution in [0.5, 0.6) is 17.2 Å². The number of anilines is 2. The molecule has 328 valence electrons. The lowest BCUT2D eigenvalue weighted by molar-refractivity contribution is -0.274. The maximum absolute atomic E-state index is 13.3. The van der Waals surface area contributed by atoms with Crippen LogP contribution >= 0.6 is 11.6 Å². The lowest BCUT2D eigenvalue weighted by Crippen LogP contribution is -2.43. The van der Waals surface area contributed by atoms with Crippen LogP contribution < -0.4 is 29.3 Å². The topological polar surface area (TPSA) is 144 Å². The molecular formula is C46H44ClF3N6O7. The van der Waals surface area contributed by atoms with E-state index in [9.17, 15) is 32.3 Å². The summed E-state index contributed by atoms with van der Waals surface area (Å²) in [5.41, 5.74) is 3.35. The van der Waals surface area contributed by atoms with Crippen molar-refractivity contribution >= 4 is 68.7 Å². The van der Waals surface area contributed by atoms with E-state index in [1.54, 1.807) is 84.6 Å². The number of alkyl halides is 4. The number of nitrogens with zero attached hydrogens (tertiary/aromatic N) is 5. The second-order valence-electron chi connectivity index (χ2n) is 15.5. The van der Waals surface area contributed by atoms with Crippen LogP contribution in [0.4, 0.5) is 34.1 Å². The SMILES string of the molecule is COc1ccc2nccc(CCl)c2c1.COc1ccc2nccc(CN3C(=O)N(c4ccc(OC(F)(F)F)cc4)C(=O)C3(C)C)c2c1.Cc1ccc(N2C(=O)NC(C)(C)C2=O)cc1. The molecule has 0 spiro atoms. The zero-order valence-corrected chi connectivity index (χ0v) is 36.2. The number of carbonyl (C=O) groups excluding carboxylic acids is 4. The number of methoxy groups -OCH3 is 2. The number of aryl methyl sites for hydroxylation is 1. The zero-order valence-electron chi connectivity index (χ0n) is 35.4. The van der Waals surface area contributed by atoms with Crippen molar-refractivity contribution in [2.75, 3.05) is 24.0 Å². The number of urea groups is 2. The van der Waals surface area contributed by atoms with E-state index in [0.717, 1.165) is 55.8 Å². The summed E-state index contributed by atoms with van der Waals surface area (Å²) in [7, 11) is 3.20. The van der Waals surface area contributed by atoms with Crippen molar-refractivity contribution in [3.63, 3.8) is 0 Å². The largest absolute Gasteiger partial charge is 0.573 e. The Labute approximate surface area is 366 Å². The smallest absolute Gasteiger partial charge is 0.497 e. The van der Waals surface area contributed by atoms with Gasteiger partial charge in [0.15, 0.2) is 0 Å². The van der Waals surface area contributed by atoms with Gasteiger partial charge in [0.1, 0.15) is 28.3 Å². The van der Waals surface area contributed by atoms with Crippen LogP contribution in [0, 0.1) is 6.92 Å². The molecule has 6 aromatic rings. The summed E-state index contributed by atoms with van der Waals surface area (Å²) in [6.45, 7) is 8.72. The first kappa shape index (κ1) is 45.6. The van der Waals surface area contributed by atoms with Crippen LogP contribution in [-0.2, 0) is 22.0 Å². The number of halogens is 4. The summed E-state index contributed by atoms with van der Waals surface area (Å²) in [6, 6.07) is 25.8. The van der Waals surface area contributed by atoms with Gasteiger partial charge >= 0.3 is 18.4 Å². The van der Waals surface area contributed by atoms with Gasteiger partial charge in [0.05, 0.1) is 36.6 Å². The number of aromatic nitrogens is 2. The predicted octanol–water partition coefficient (Wildman–Crippen LogP) is 9.70. The van der Waals surface area contributed by atoms with E-state index in [2.05, 4.69) is 20.0 Å². The van der Waals surface area contributed by atoms with Gasteiger partial charge in [-0.3, -0.25) is 19.6 Å². The standard InChI is InChI=1S/C23H20F3N3O4.C12H14N2O2.C11H10ClNO/c1-22(2)20(30)29(15-4-6-16(7-5-15)33-23(24,25)26)21(31)28(22)13-14-10-11-27-19-9-8-17(32-3)12-18(14)19;1-8-4-6-9(7-5-8)14-10(15)12(2,3)13-11(14)16;1-14-9-2-3-11-10(6-9)8(7-12)4-5-13-11/h4-12H,13H2,1-3H3;4-7H,1-3H3,(H,13,16);2-6H,7H2,1H3. The van der Waals surface area contributed by atoms with Crippen molar-refractivity contribution in [3.05, 3.63) is 126 Å². The third-order valence-electron chi connectivity index (χ3n) is 10.4. The van der Waals surface area contributed by atoms with Crippen molar-refractivity contribution in [3.8, 4) is 17.2 Å². The highest BCUT2D eigenvalue weighted by Gasteiger charge is 2.52. The molecule has 13 nitrogen and oxygen atoms in total. The first-order valence-electron chi connectivity index (χ1n) is 19.4. The fourth-order valence-electron chi connectivity index (χ4n) is 6.85. The van der Waals surface area contributed by atoms with Gasteiger partial charge in [-0.1, -0.05) is 17.7 Å². The monoisotopic (exact) mass is 884 g/mol. The molecule has 0 radical (unpaired) electrons. The van der Waals surface area contributed by atoms with Crippen LogP contribution in [0.25, 0.3) is 21.8 Å². The Kier molecular flexibility index (Phi) is 13.2. The van der Waals surface area contributed by atoms with Crippen LogP contribution in [0.15, 0.2) is 109 Å². The predicted molar refractivity (Wildman–Crippen MR) is 233 cm³/mol. The lowest BCUT2D eigenvalue weighted by atomic mass is 10.0. The number of carbonyl (C=O) groups is 4. The van der Waals surface area contributed by atoms with Crippen LogP contribution in [0.3, 0.4) is 0 Å². The van der Waals surface area contributed by atoms with Crippen molar-refractivity contribution < 1.29 is 46.6 Å². The molecule has 2 fully saturated rings. The molecule has 0 unspecified atom stereocenters. The molecule has 2 saturated heterocycles. The molecule has 17 heteroatoms. The number of pyridine rings is 2. The third-order valence-corrected chi connectivity index (χ3v) is 10.6. The molecule has 6 amide bonds. The van der Waals surface area contributed by atoms with Crippen LogP contribution in [0.2, 0.25) is 0 Å². The molecule has 2 aliphatic rings. The number of hydrogen-bond acceptors (Lipinski definition) is 9. The van der Waals surface area contributed by atoms with Gasteiger partial charge in [0.2, 0.25) is 0 Å². The number of amides is 6. The van der Waals surface area contributed by atoms with Gasteiger partial charge in [-0.2, -0.15) is 0 Å². The summed E-state index contributed by atoms with van der Waals surface area (Å²) < 4.78 is 51.6. The van der Waals surface area contributed by atoms with Crippen molar-refractivity contribution in [1.29, 1.82) is 0 Å². The van der Waals surface area contributed by atoms with E-state index in [1.807, 2.05) is 49.4 Å². The quantitative estimate of drug-likeness (QED) is 0.117. The molecule has 8 rings (SSSR count). The molecule has 2 aliphatic heterocycles. The summed E-state index contributed by atoms with van der Waals surface area (Å²) in [6.07, 6.45) is -1.45. The average Bonchev–Trinajstić information content (AvgIpc) is 3.56. The molecule has 1 N–H and O–H groups in total. The second kappa shape index (κ2) is 18.2. The zero-order chi connectivity index (χ0) is 45.9. The van der Waals surface area contributed by atoms with Crippen molar-refractivity contribution in [1.82, 2.24) is 20.2 Å². The Morgan fingerprint density at radius 1 is 0.667 bits per heavy atom. The lowest BCUT2D eigenvalue weighted by Gasteiger charge is -2.28. The number of benzene rings is 4. The highest BCUT2D eigenvalue weighted by Crippen LogP contribution is 2.36. The maximum atomic E-state index is 13.3. The van der Waals surface area contributed by atoms with Crippen molar-refractivity contribution in [2.24, 2.45) is 0 Å². The van der Waals surface area contributed by atoms with Gasteiger partial charge in [-0.25, -0.2) is 19.4 Å². The van der Waals surface area contributed by atoms with E-state index < -0.39 is 35.1 Å². The van der Waals surface area contributed by atoms with E-state index in [4.69, 9.17) is 21.1 Å². The van der Waals surface area contributed by atoms with Crippen LogP contribution in [0.1, 0.15) is 44.4 Å². The Hall–Kier alpha value is -6.94. The number of rotatable bonds is 8. The highest BCUT2D eigenvalue weighted by molar-refractivity contribution is 6.23. The van der Waals surface area contributed by atoms with Gasteiger partial charge < -0.3 is 24.4 Å². The molecule has 0 aliphatic carbocycles. The molecule has 4 aromatic carbocycles. The van der Waals surface area contributed by atoms with E-state index in [0.29, 0.717) is 22.8 Å². The van der Waals surface area contributed by atoms with Gasteiger partial charge in [-0.15, -0.1) is 24.8 Å². The summed E-state index contributed by atoms with van der Waals surface area (Å²) >= 11 is 5.83. The minimum absolute atomic E-state index is 0.121. The minimum Gasteiger partial charge on any atom is -0.497 e. The summed E-state index contributed by atoms with van der Waals surface area (Å²) in [5.74, 6) is 0.791. The summed E-state index contributed by atoms with van der Waals surface area (Å²) in [5, 5.41) is 4.48. The Bertz CT molecular complexity index is 2680. The Morgan fingerprint density at radius 2 is 1.16 bits per heavy atom. The minimum atomic E-state index is -4.84. The maximum Gasteiger partial charge on any atom is 0.573 e. The molecule has 2 aromatic heterocycles. The molecule has 0 bridgehead atoms. The fourth-order valence-corrected chi connectivity index (χ4v) is 7.08. The first-order valence-corrected chi connectivity index (χ1v) is 20.0. The molecule has 0 saturated carbocycles. The first-order chi connectivity index (χ1) is 29.8. The average molecular weight is 885 g/mol. The molecule has 0 atom stereocenters. The normalized spacial score (nSPS) is 15.4. The summed E-state index contributed by atoms with van der Waals surface area (Å²) in [4.78, 5) is 62.2. The van der Waals surface area contributed by atoms with Gasteiger partial charge in [-0.05, 0) is 131 Å². The molecule has 4 heterocycles. The number of imide groups is 2. The highest BCUT2D eigenvalue weighted by atomic mass is 35.5. The number of ether oxygens (including phenoxy) is 3. The second-order valence-corrected chi connectivity index (χ2v) is 15.7.